The fourth-order valence-corrected chi connectivity index (χ4v) is 2.74. The van der Waals surface area contributed by atoms with Gasteiger partial charge >= 0.3 is 0 Å². The highest BCUT2D eigenvalue weighted by molar-refractivity contribution is 5.96. The lowest BCUT2D eigenvalue weighted by atomic mass is 10.1. The minimum Gasteiger partial charge on any atom is -0.467 e. The van der Waals surface area contributed by atoms with Gasteiger partial charge in [0.25, 0.3) is 5.91 Å². The lowest BCUT2D eigenvalue weighted by molar-refractivity contribution is -0.121. The molecule has 0 unspecified atom stereocenters. The van der Waals surface area contributed by atoms with Gasteiger partial charge in [0.2, 0.25) is 5.91 Å². The zero-order valence-electron chi connectivity index (χ0n) is 14.3. The predicted octanol–water partition coefficient (Wildman–Crippen LogP) is 1.67. The smallest absolute Gasteiger partial charge is 0.270 e. The number of H-pyrrole nitrogens is 1. The Kier molecular flexibility index (Phi) is 5.46. The Hall–Kier alpha value is -2.54. The fourth-order valence-electron chi connectivity index (χ4n) is 2.74. The second-order valence-electron chi connectivity index (χ2n) is 5.86. The molecule has 0 aromatic carbocycles. The standard InChI is InChI=1S/C17H23N3O4/c1-10-15(12(3)21)11(2)19-16(10)17(23)20(4)9-14(22)18-8-13-6-5-7-24-13/h5-7,12,19,21H,8-9H2,1-4H3,(H,18,22)/t12-/m0/s1. The van der Waals surface area contributed by atoms with Gasteiger partial charge in [0.1, 0.15) is 11.5 Å². The van der Waals surface area contributed by atoms with E-state index in [1.165, 1.54) is 11.2 Å². The molecule has 7 heteroatoms. The zero-order chi connectivity index (χ0) is 17.9. The van der Waals surface area contributed by atoms with Crippen LogP contribution in [-0.2, 0) is 11.3 Å². The number of furan rings is 1. The van der Waals surface area contributed by atoms with Crippen LogP contribution in [0.4, 0.5) is 0 Å². The van der Waals surface area contributed by atoms with E-state index < -0.39 is 6.10 Å². The number of aryl methyl sites for hydroxylation is 1. The summed E-state index contributed by atoms with van der Waals surface area (Å²) >= 11 is 0. The van der Waals surface area contributed by atoms with E-state index in [1.54, 1.807) is 33.0 Å². The summed E-state index contributed by atoms with van der Waals surface area (Å²) < 4.78 is 5.14. The summed E-state index contributed by atoms with van der Waals surface area (Å²) in [5, 5.41) is 12.5. The molecular weight excluding hydrogens is 310 g/mol. The molecule has 24 heavy (non-hydrogen) atoms. The highest BCUT2D eigenvalue weighted by atomic mass is 16.3. The van der Waals surface area contributed by atoms with Crippen molar-refractivity contribution in [1.82, 2.24) is 15.2 Å². The Morgan fingerprint density at radius 1 is 1.42 bits per heavy atom. The largest absolute Gasteiger partial charge is 0.467 e. The number of carbonyl (C=O) groups is 2. The molecule has 2 rings (SSSR count). The fraction of sp³-hybridized carbons (Fsp3) is 0.412. The lowest BCUT2D eigenvalue weighted by Gasteiger charge is -2.16. The molecule has 0 aliphatic heterocycles. The van der Waals surface area contributed by atoms with Crippen LogP contribution in [0.3, 0.4) is 0 Å². The molecule has 3 N–H and O–H groups in total. The SMILES string of the molecule is Cc1[nH]c(C(=O)N(C)CC(=O)NCc2ccco2)c(C)c1[C@H](C)O. The summed E-state index contributed by atoms with van der Waals surface area (Å²) in [5.74, 6) is 0.0734. The lowest BCUT2D eigenvalue weighted by Crippen LogP contribution is -2.38. The number of rotatable bonds is 6. The van der Waals surface area contributed by atoms with Crippen LogP contribution in [0.2, 0.25) is 0 Å². The van der Waals surface area contributed by atoms with Gasteiger partial charge in [-0.3, -0.25) is 9.59 Å². The number of amides is 2. The van der Waals surface area contributed by atoms with Crippen LogP contribution in [0.15, 0.2) is 22.8 Å². The average molecular weight is 333 g/mol. The first-order chi connectivity index (χ1) is 11.3. The van der Waals surface area contributed by atoms with Crippen molar-refractivity contribution in [2.45, 2.75) is 33.4 Å². The molecule has 130 valence electrons. The van der Waals surface area contributed by atoms with E-state index in [2.05, 4.69) is 10.3 Å². The Labute approximate surface area is 140 Å². The Morgan fingerprint density at radius 3 is 2.67 bits per heavy atom. The molecule has 2 aromatic heterocycles. The van der Waals surface area contributed by atoms with Crippen molar-refractivity contribution < 1.29 is 19.1 Å². The molecule has 0 saturated carbocycles. The third-order valence-electron chi connectivity index (χ3n) is 3.89. The minimum atomic E-state index is -0.662. The van der Waals surface area contributed by atoms with Crippen LogP contribution in [0.25, 0.3) is 0 Å². The second kappa shape index (κ2) is 7.35. The van der Waals surface area contributed by atoms with Gasteiger partial charge in [-0.05, 0) is 38.5 Å². The van der Waals surface area contributed by atoms with Crippen LogP contribution < -0.4 is 5.32 Å². The molecule has 0 radical (unpaired) electrons. The summed E-state index contributed by atoms with van der Waals surface area (Å²) in [6.45, 7) is 5.45. The summed E-state index contributed by atoms with van der Waals surface area (Å²) in [5.41, 5.74) is 2.57. The van der Waals surface area contributed by atoms with Gasteiger partial charge in [-0.15, -0.1) is 0 Å². The average Bonchev–Trinajstić information content (AvgIpc) is 3.12. The van der Waals surface area contributed by atoms with Gasteiger partial charge < -0.3 is 24.7 Å². The van der Waals surface area contributed by atoms with Gasteiger partial charge in [0.15, 0.2) is 0 Å². The van der Waals surface area contributed by atoms with Crippen molar-refractivity contribution in [2.75, 3.05) is 13.6 Å². The number of nitrogens with one attached hydrogen (secondary N) is 2. The molecule has 0 aliphatic carbocycles. The zero-order valence-corrected chi connectivity index (χ0v) is 14.3. The van der Waals surface area contributed by atoms with Crippen molar-refractivity contribution in [3.05, 3.63) is 46.7 Å². The van der Waals surface area contributed by atoms with Crippen LogP contribution in [0.5, 0.6) is 0 Å². The quantitative estimate of drug-likeness (QED) is 0.749. The monoisotopic (exact) mass is 333 g/mol. The third-order valence-corrected chi connectivity index (χ3v) is 3.89. The predicted molar refractivity (Wildman–Crippen MR) is 88.4 cm³/mol. The maximum atomic E-state index is 12.5. The maximum absolute atomic E-state index is 12.5. The van der Waals surface area contributed by atoms with Crippen LogP contribution in [0, 0.1) is 13.8 Å². The number of nitrogens with zero attached hydrogens (tertiary/aromatic N) is 1. The third kappa shape index (κ3) is 3.86. The van der Waals surface area contributed by atoms with Crippen LogP contribution >= 0.6 is 0 Å². The van der Waals surface area contributed by atoms with Crippen molar-refractivity contribution in [2.24, 2.45) is 0 Å². The number of hydrogen-bond acceptors (Lipinski definition) is 4. The number of likely N-dealkylation sites (N-methyl/N-ethyl adjacent to an activating group) is 1. The van der Waals surface area contributed by atoms with Crippen molar-refractivity contribution in [3.8, 4) is 0 Å². The van der Waals surface area contributed by atoms with E-state index in [9.17, 15) is 14.7 Å². The highest BCUT2D eigenvalue weighted by Gasteiger charge is 2.23. The number of hydrogen-bond donors (Lipinski definition) is 3. The first-order valence-corrected chi connectivity index (χ1v) is 7.73. The number of aliphatic hydroxyl groups excluding tert-OH is 1. The van der Waals surface area contributed by atoms with E-state index in [0.717, 1.165) is 5.69 Å². The Morgan fingerprint density at radius 2 is 2.12 bits per heavy atom. The number of aromatic amines is 1. The number of carbonyl (C=O) groups excluding carboxylic acids is 2. The van der Waals surface area contributed by atoms with E-state index in [4.69, 9.17) is 4.42 Å². The van der Waals surface area contributed by atoms with Crippen molar-refractivity contribution in [1.29, 1.82) is 0 Å². The van der Waals surface area contributed by atoms with Crippen molar-refractivity contribution in [3.63, 3.8) is 0 Å². The minimum absolute atomic E-state index is 0.0684. The number of aliphatic hydroxyl groups is 1. The Balaban J connectivity index is 1.99. The first-order valence-electron chi connectivity index (χ1n) is 7.73. The van der Waals surface area contributed by atoms with E-state index >= 15 is 0 Å². The van der Waals surface area contributed by atoms with Gasteiger partial charge in [-0.2, -0.15) is 0 Å². The topological polar surface area (TPSA) is 98.6 Å². The first kappa shape index (κ1) is 17.8. The Bertz CT molecular complexity index is 717. The second-order valence-corrected chi connectivity index (χ2v) is 5.86. The normalized spacial score (nSPS) is 12.0. The van der Waals surface area contributed by atoms with Crippen molar-refractivity contribution >= 4 is 11.8 Å². The van der Waals surface area contributed by atoms with Gasteiger partial charge in [0.05, 0.1) is 25.5 Å². The van der Waals surface area contributed by atoms with E-state index in [1.807, 2.05) is 6.92 Å². The summed E-state index contributed by atoms with van der Waals surface area (Å²) in [4.78, 5) is 28.8. The molecule has 0 saturated heterocycles. The molecule has 0 bridgehead atoms. The summed E-state index contributed by atoms with van der Waals surface area (Å²) in [6.07, 6.45) is 0.873. The molecular formula is C17H23N3O4. The van der Waals surface area contributed by atoms with Gasteiger partial charge in [-0.1, -0.05) is 0 Å². The molecule has 2 aromatic rings. The molecule has 0 fully saturated rings. The molecule has 2 heterocycles. The van der Waals surface area contributed by atoms with Crippen LogP contribution in [0.1, 0.15) is 46.1 Å². The molecule has 0 aliphatic rings. The summed E-state index contributed by atoms with van der Waals surface area (Å²) in [6, 6.07) is 3.50. The number of aromatic nitrogens is 1. The van der Waals surface area contributed by atoms with Gasteiger partial charge in [0, 0.05) is 18.3 Å². The van der Waals surface area contributed by atoms with E-state index in [-0.39, 0.29) is 24.9 Å². The van der Waals surface area contributed by atoms with Crippen LogP contribution in [-0.4, -0.2) is 40.4 Å². The summed E-state index contributed by atoms with van der Waals surface area (Å²) in [7, 11) is 1.56. The molecule has 7 nitrogen and oxygen atoms in total. The van der Waals surface area contributed by atoms with E-state index in [0.29, 0.717) is 22.6 Å². The maximum Gasteiger partial charge on any atom is 0.270 e. The van der Waals surface area contributed by atoms with Gasteiger partial charge in [-0.25, -0.2) is 0 Å². The molecule has 1 atom stereocenters. The molecule has 0 spiro atoms. The molecule has 2 amide bonds. The highest BCUT2D eigenvalue weighted by Crippen LogP contribution is 2.25.